The second kappa shape index (κ2) is 10.1. The normalized spacial score (nSPS) is 13.6. The number of nitrogens with one attached hydrogen (secondary N) is 1. The smallest absolute Gasteiger partial charge is 0.186 e. The summed E-state index contributed by atoms with van der Waals surface area (Å²) in [5.74, 6) is 2.94. The van der Waals surface area contributed by atoms with E-state index in [0.29, 0.717) is 11.5 Å². The topological polar surface area (TPSA) is 76.8 Å². The van der Waals surface area contributed by atoms with Crippen LogP contribution in [-0.2, 0) is 4.74 Å². The van der Waals surface area contributed by atoms with Crippen molar-refractivity contribution >= 4 is 33.6 Å². The number of aromatic nitrogens is 4. The van der Waals surface area contributed by atoms with Crippen LogP contribution in [0.15, 0.2) is 103 Å². The van der Waals surface area contributed by atoms with Gasteiger partial charge in [-0.25, -0.2) is 0 Å². The lowest BCUT2D eigenvalue weighted by Crippen LogP contribution is -2.36. The molecule has 8 heteroatoms. The summed E-state index contributed by atoms with van der Waals surface area (Å²) in [6, 6.07) is 34.1. The maximum atomic E-state index is 5.95. The van der Waals surface area contributed by atoms with Crippen LogP contribution in [0.3, 0.4) is 0 Å². The molecular formula is C31H26N6O2. The van der Waals surface area contributed by atoms with Gasteiger partial charge >= 0.3 is 0 Å². The molecule has 8 nitrogen and oxygen atoms in total. The van der Waals surface area contributed by atoms with Crippen molar-refractivity contribution in [1.29, 1.82) is 0 Å². The predicted octanol–water partition coefficient (Wildman–Crippen LogP) is 6.32. The van der Waals surface area contributed by atoms with Gasteiger partial charge in [-0.2, -0.15) is 4.52 Å². The standard InChI is InChI=1S/C31H26N6O2/c1-2-6-25(7-3-1)39-26-16-10-22(11-17-26)30-33-34-31-28-9-5-4-8-27(28)29(35-37(30)31)32-23-12-14-24(15-13-23)36-18-20-38-21-19-36/h1-17H,18-21H2,(H,32,35). The number of para-hydroxylation sites is 1. The molecule has 0 atom stereocenters. The van der Waals surface area contributed by atoms with E-state index in [2.05, 4.69) is 50.7 Å². The second-order valence-electron chi connectivity index (χ2n) is 9.36. The van der Waals surface area contributed by atoms with Crippen LogP contribution in [0.25, 0.3) is 27.8 Å². The zero-order valence-corrected chi connectivity index (χ0v) is 21.2. The van der Waals surface area contributed by atoms with Crippen molar-refractivity contribution in [2.24, 2.45) is 0 Å². The molecule has 0 saturated carbocycles. The zero-order chi connectivity index (χ0) is 26.0. The first-order chi connectivity index (χ1) is 19.3. The zero-order valence-electron chi connectivity index (χ0n) is 21.2. The van der Waals surface area contributed by atoms with E-state index in [4.69, 9.17) is 14.6 Å². The van der Waals surface area contributed by atoms with Crippen molar-refractivity contribution in [3.8, 4) is 22.9 Å². The molecule has 192 valence electrons. The SMILES string of the molecule is c1ccc(Oc2ccc(-c3nnc4c5ccccc5c(Nc5ccc(N6CCOCC6)cc5)nn34)cc2)cc1. The number of benzene rings is 4. The van der Waals surface area contributed by atoms with Crippen LogP contribution in [0.5, 0.6) is 11.5 Å². The fourth-order valence-corrected chi connectivity index (χ4v) is 4.86. The van der Waals surface area contributed by atoms with E-state index in [9.17, 15) is 0 Å². The highest BCUT2D eigenvalue weighted by molar-refractivity contribution is 6.01. The molecule has 2 aromatic heterocycles. The van der Waals surface area contributed by atoms with Crippen molar-refractivity contribution < 1.29 is 9.47 Å². The van der Waals surface area contributed by atoms with Crippen LogP contribution in [0.4, 0.5) is 17.2 Å². The molecule has 0 aliphatic carbocycles. The first kappa shape index (κ1) is 23.2. The number of nitrogens with zero attached hydrogens (tertiary/aromatic N) is 5. The molecule has 39 heavy (non-hydrogen) atoms. The van der Waals surface area contributed by atoms with Crippen LogP contribution in [0.2, 0.25) is 0 Å². The van der Waals surface area contributed by atoms with Gasteiger partial charge in [0.2, 0.25) is 0 Å². The van der Waals surface area contributed by atoms with Crippen molar-refractivity contribution in [3.63, 3.8) is 0 Å². The van der Waals surface area contributed by atoms with E-state index >= 15 is 0 Å². The number of morpholine rings is 1. The van der Waals surface area contributed by atoms with Crippen molar-refractivity contribution in [2.45, 2.75) is 0 Å². The van der Waals surface area contributed by atoms with Crippen molar-refractivity contribution in [1.82, 2.24) is 19.8 Å². The summed E-state index contributed by atoms with van der Waals surface area (Å²) in [7, 11) is 0. The first-order valence-corrected chi connectivity index (χ1v) is 13.0. The van der Waals surface area contributed by atoms with E-state index < -0.39 is 0 Å². The average Bonchev–Trinajstić information content (AvgIpc) is 3.43. The van der Waals surface area contributed by atoms with Gasteiger partial charge in [0.1, 0.15) is 11.5 Å². The molecule has 1 fully saturated rings. The van der Waals surface area contributed by atoms with Gasteiger partial charge in [-0.15, -0.1) is 15.3 Å². The fraction of sp³-hybridized carbons (Fsp3) is 0.129. The lowest BCUT2D eigenvalue weighted by molar-refractivity contribution is 0.122. The van der Waals surface area contributed by atoms with Gasteiger partial charge in [0, 0.05) is 40.8 Å². The third kappa shape index (κ3) is 4.62. The van der Waals surface area contributed by atoms with E-state index in [-0.39, 0.29) is 0 Å². The third-order valence-corrected chi connectivity index (χ3v) is 6.86. The molecule has 1 aliphatic heterocycles. The predicted molar refractivity (Wildman–Crippen MR) is 153 cm³/mol. The quantitative estimate of drug-likeness (QED) is 0.279. The minimum Gasteiger partial charge on any atom is -0.457 e. The van der Waals surface area contributed by atoms with Crippen LogP contribution >= 0.6 is 0 Å². The minimum absolute atomic E-state index is 0.660. The van der Waals surface area contributed by atoms with Gasteiger partial charge in [0.15, 0.2) is 17.3 Å². The van der Waals surface area contributed by atoms with Crippen LogP contribution in [0.1, 0.15) is 0 Å². The highest BCUT2D eigenvalue weighted by Crippen LogP contribution is 2.31. The molecule has 7 rings (SSSR count). The lowest BCUT2D eigenvalue weighted by atomic mass is 10.1. The van der Waals surface area contributed by atoms with Crippen molar-refractivity contribution in [3.05, 3.63) is 103 Å². The van der Waals surface area contributed by atoms with E-state index in [1.807, 2.05) is 72.8 Å². The number of fused-ring (bicyclic) bond motifs is 3. The fourth-order valence-electron chi connectivity index (χ4n) is 4.86. The summed E-state index contributed by atoms with van der Waals surface area (Å²) in [5, 5.41) is 19.4. The Hall–Kier alpha value is -4.95. The van der Waals surface area contributed by atoms with E-state index in [1.165, 1.54) is 5.69 Å². The van der Waals surface area contributed by atoms with Gasteiger partial charge in [-0.1, -0.05) is 42.5 Å². The number of hydrogen-bond acceptors (Lipinski definition) is 7. The van der Waals surface area contributed by atoms with Gasteiger partial charge in [-0.05, 0) is 60.7 Å². The molecule has 3 heterocycles. The Kier molecular flexibility index (Phi) is 5.99. The Morgan fingerprint density at radius 2 is 1.38 bits per heavy atom. The third-order valence-electron chi connectivity index (χ3n) is 6.86. The molecule has 0 radical (unpaired) electrons. The van der Waals surface area contributed by atoms with Crippen LogP contribution in [-0.4, -0.2) is 46.1 Å². The molecule has 1 aliphatic rings. The molecule has 4 aromatic carbocycles. The van der Waals surface area contributed by atoms with E-state index in [1.54, 1.807) is 4.52 Å². The first-order valence-electron chi connectivity index (χ1n) is 13.0. The number of anilines is 3. The van der Waals surface area contributed by atoms with Gasteiger partial charge < -0.3 is 19.7 Å². The number of hydrogen-bond donors (Lipinski definition) is 1. The van der Waals surface area contributed by atoms with Crippen LogP contribution in [0, 0.1) is 0 Å². The van der Waals surface area contributed by atoms with Gasteiger partial charge in [-0.3, -0.25) is 0 Å². The summed E-state index contributed by atoms with van der Waals surface area (Å²) < 4.78 is 13.2. The molecule has 0 amide bonds. The monoisotopic (exact) mass is 514 g/mol. The maximum Gasteiger partial charge on any atom is 0.186 e. The largest absolute Gasteiger partial charge is 0.457 e. The Balaban J connectivity index is 1.22. The Morgan fingerprint density at radius 3 is 2.15 bits per heavy atom. The molecular weight excluding hydrogens is 488 g/mol. The summed E-state index contributed by atoms with van der Waals surface area (Å²) in [6.07, 6.45) is 0. The second-order valence-corrected chi connectivity index (χ2v) is 9.36. The van der Waals surface area contributed by atoms with Crippen LogP contribution < -0.4 is 15.0 Å². The Labute approximate surface area is 225 Å². The van der Waals surface area contributed by atoms with Gasteiger partial charge in [0.25, 0.3) is 0 Å². The summed E-state index contributed by atoms with van der Waals surface area (Å²) in [4.78, 5) is 2.34. The molecule has 1 N–H and O–H groups in total. The molecule has 0 spiro atoms. The molecule has 1 saturated heterocycles. The lowest BCUT2D eigenvalue weighted by Gasteiger charge is -2.28. The highest BCUT2D eigenvalue weighted by atomic mass is 16.5. The number of rotatable bonds is 6. The highest BCUT2D eigenvalue weighted by Gasteiger charge is 2.16. The summed E-state index contributed by atoms with van der Waals surface area (Å²) >= 11 is 0. The maximum absolute atomic E-state index is 5.95. The molecule has 0 unspecified atom stereocenters. The minimum atomic E-state index is 0.660. The average molecular weight is 515 g/mol. The Bertz CT molecular complexity index is 1730. The summed E-state index contributed by atoms with van der Waals surface area (Å²) in [6.45, 7) is 3.34. The molecule has 0 bridgehead atoms. The molecule has 6 aromatic rings. The van der Waals surface area contributed by atoms with E-state index in [0.717, 1.165) is 65.6 Å². The van der Waals surface area contributed by atoms with Gasteiger partial charge in [0.05, 0.1) is 13.2 Å². The number of ether oxygens (including phenoxy) is 2. The van der Waals surface area contributed by atoms with Crippen molar-refractivity contribution in [2.75, 3.05) is 36.5 Å². The Morgan fingerprint density at radius 1 is 0.692 bits per heavy atom. The summed E-state index contributed by atoms with van der Waals surface area (Å²) in [5.41, 5.74) is 3.75.